The zero-order chi connectivity index (χ0) is 14.6. The van der Waals surface area contributed by atoms with Crippen molar-refractivity contribution in [3.63, 3.8) is 0 Å². The molecule has 0 radical (unpaired) electrons. The number of aryl methyl sites for hydroxylation is 1. The van der Waals surface area contributed by atoms with Gasteiger partial charge in [0.15, 0.2) is 0 Å². The Labute approximate surface area is 115 Å². The first-order valence-electron chi connectivity index (χ1n) is 6.12. The molecule has 0 amide bonds. The maximum atomic E-state index is 12.5. The minimum Gasteiger partial charge on any atom is -0.318 e. The van der Waals surface area contributed by atoms with E-state index in [4.69, 9.17) is 0 Å². The average Bonchev–Trinajstić information content (AvgIpc) is 2.62. The van der Waals surface area contributed by atoms with Gasteiger partial charge in [-0.15, -0.1) is 6.58 Å². The summed E-state index contributed by atoms with van der Waals surface area (Å²) in [5.74, 6) is 0. The maximum Gasteiger partial charge on any atom is 0.246 e. The molecule has 1 heterocycles. The molecular weight excluding hydrogens is 264 g/mol. The van der Waals surface area contributed by atoms with Crippen LogP contribution in [0.4, 0.5) is 0 Å². The third-order valence-corrected chi connectivity index (χ3v) is 5.02. The molecule has 0 unspecified atom stereocenters. The fraction of sp³-hybridized carbons (Fsp3) is 0.583. The van der Waals surface area contributed by atoms with Gasteiger partial charge in [-0.2, -0.15) is 9.40 Å². The fourth-order valence-electron chi connectivity index (χ4n) is 1.92. The van der Waals surface area contributed by atoms with Gasteiger partial charge in [0.25, 0.3) is 0 Å². The first-order chi connectivity index (χ1) is 8.86. The minimum absolute atomic E-state index is 0.281. The molecule has 0 saturated heterocycles. The van der Waals surface area contributed by atoms with Crippen LogP contribution >= 0.6 is 0 Å². The predicted octanol–water partition coefficient (Wildman–Crippen LogP) is 0.526. The van der Waals surface area contributed by atoms with E-state index in [0.29, 0.717) is 22.8 Å². The second-order valence-electron chi connectivity index (χ2n) is 4.40. The molecular formula is C12H22N4O2S. The van der Waals surface area contributed by atoms with Crippen LogP contribution in [0.3, 0.4) is 0 Å². The van der Waals surface area contributed by atoms with Crippen molar-refractivity contribution in [2.75, 3.05) is 27.2 Å². The molecule has 0 aliphatic rings. The Balaban J connectivity index is 3.20. The van der Waals surface area contributed by atoms with Crippen molar-refractivity contribution in [3.8, 4) is 0 Å². The molecule has 6 nitrogen and oxygen atoms in total. The van der Waals surface area contributed by atoms with Crippen LogP contribution in [0.2, 0.25) is 0 Å². The first kappa shape index (κ1) is 15.9. The maximum absolute atomic E-state index is 12.5. The zero-order valence-corrected chi connectivity index (χ0v) is 12.8. The van der Waals surface area contributed by atoms with E-state index < -0.39 is 10.0 Å². The minimum atomic E-state index is -3.51. The van der Waals surface area contributed by atoms with Crippen LogP contribution in [0, 0.1) is 13.8 Å². The number of hydrogen-bond acceptors (Lipinski definition) is 4. The van der Waals surface area contributed by atoms with Crippen LogP contribution in [0.15, 0.2) is 17.6 Å². The van der Waals surface area contributed by atoms with E-state index in [2.05, 4.69) is 17.0 Å². The second-order valence-corrected chi connectivity index (χ2v) is 6.38. The van der Waals surface area contributed by atoms with E-state index in [1.165, 1.54) is 4.31 Å². The molecule has 0 saturated carbocycles. The Hall–Kier alpha value is -1.18. The van der Waals surface area contributed by atoms with E-state index in [1.54, 1.807) is 31.7 Å². The van der Waals surface area contributed by atoms with E-state index in [0.717, 1.165) is 6.54 Å². The molecule has 1 aromatic rings. The highest BCUT2D eigenvalue weighted by Crippen LogP contribution is 2.22. The van der Waals surface area contributed by atoms with Crippen LogP contribution in [0.5, 0.6) is 0 Å². The molecule has 0 bridgehead atoms. The summed E-state index contributed by atoms with van der Waals surface area (Å²) in [5.41, 5.74) is 1.20. The molecule has 7 heteroatoms. The van der Waals surface area contributed by atoms with Crippen molar-refractivity contribution in [1.29, 1.82) is 0 Å². The summed E-state index contributed by atoms with van der Waals surface area (Å²) in [6.45, 7) is 8.73. The largest absolute Gasteiger partial charge is 0.318 e. The Morgan fingerprint density at radius 2 is 2.11 bits per heavy atom. The van der Waals surface area contributed by atoms with Crippen LogP contribution in [0.1, 0.15) is 11.4 Å². The van der Waals surface area contributed by atoms with Crippen LogP contribution in [-0.2, 0) is 16.6 Å². The van der Waals surface area contributed by atoms with E-state index in [-0.39, 0.29) is 6.54 Å². The summed E-state index contributed by atoms with van der Waals surface area (Å²) < 4.78 is 27.9. The molecule has 19 heavy (non-hydrogen) atoms. The van der Waals surface area contributed by atoms with Gasteiger partial charge in [0.05, 0.1) is 17.9 Å². The topological polar surface area (TPSA) is 67.2 Å². The highest BCUT2D eigenvalue weighted by atomic mass is 32.2. The van der Waals surface area contributed by atoms with Crippen LogP contribution < -0.4 is 5.32 Å². The fourth-order valence-corrected chi connectivity index (χ4v) is 3.43. The SMILES string of the molecule is C=CCN(C)S(=O)(=O)c1c(C)nn(CCNC)c1C. The molecule has 0 aliphatic heterocycles. The van der Waals surface area contributed by atoms with Crippen LogP contribution in [0.25, 0.3) is 0 Å². The molecule has 0 spiro atoms. The molecule has 1 aromatic heterocycles. The van der Waals surface area contributed by atoms with Gasteiger partial charge in [0, 0.05) is 20.1 Å². The number of rotatable bonds is 7. The molecule has 1 N–H and O–H groups in total. The lowest BCUT2D eigenvalue weighted by molar-refractivity contribution is 0.497. The zero-order valence-electron chi connectivity index (χ0n) is 12.0. The quantitative estimate of drug-likeness (QED) is 0.742. The monoisotopic (exact) mass is 286 g/mol. The molecule has 108 valence electrons. The van der Waals surface area contributed by atoms with Gasteiger partial charge in [-0.25, -0.2) is 8.42 Å². The number of aromatic nitrogens is 2. The molecule has 0 atom stereocenters. The lowest BCUT2D eigenvalue weighted by Crippen LogP contribution is -2.28. The van der Waals surface area contributed by atoms with Gasteiger partial charge in [-0.3, -0.25) is 4.68 Å². The summed E-state index contributed by atoms with van der Waals surface area (Å²) in [5, 5.41) is 7.32. The third-order valence-electron chi connectivity index (χ3n) is 2.94. The Kier molecular flexibility index (Phi) is 5.28. The van der Waals surface area contributed by atoms with Gasteiger partial charge in [-0.1, -0.05) is 6.08 Å². The highest BCUT2D eigenvalue weighted by molar-refractivity contribution is 7.89. The van der Waals surface area contributed by atoms with Crippen molar-refractivity contribution in [2.24, 2.45) is 0 Å². The van der Waals surface area contributed by atoms with Crippen molar-refractivity contribution in [1.82, 2.24) is 19.4 Å². The number of hydrogen-bond donors (Lipinski definition) is 1. The molecule has 1 rings (SSSR count). The number of likely N-dealkylation sites (N-methyl/N-ethyl adjacent to an activating group) is 2. The van der Waals surface area contributed by atoms with E-state index in [1.807, 2.05) is 7.05 Å². The normalized spacial score (nSPS) is 12.1. The number of nitrogens with zero attached hydrogens (tertiary/aromatic N) is 3. The average molecular weight is 286 g/mol. The summed E-state index contributed by atoms with van der Waals surface area (Å²) in [6.07, 6.45) is 1.56. The Morgan fingerprint density at radius 3 is 2.63 bits per heavy atom. The van der Waals surface area contributed by atoms with Crippen molar-refractivity contribution in [2.45, 2.75) is 25.3 Å². The van der Waals surface area contributed by atoms with Gasteiger partial charge >= 0.3 is 0 Å². The highest BCUT2D eigenvalue weighted by Gasteiger charge is 2.27. The smallest absolute Gasteiger partial charge is 0.246 e. The number of nitrogens with one attached hydrogen (secondary N) is 1. The van der Waals surface area contributed by atoms with Gasteiger partial charge in [0.1, 0.15) is 4.90 Å². The Morgan fingerprint density at radius 1 is 1.47 bits per heavy atom. The third kappa shape index (κ3) is 3.23. The molecule has 0 fully saturated rings. The summed E-state index contributed by atoms with van der Waals surface area (Å²) >= 11 is 0. The molecule has 0 aliphatic carbocycles. The van der Waals surface area contributed by atoms with Gasteiger partial charge < -0.3 is 5.32 Å². The van der Waals surface area contributed by atoms with Crippen LogP contribution in [-0.4, -0.2) is 49.7 Å². The summed E-state index contributed by atoms with van der Waals surface area (Å²) in [6, 6.07) is 0. The predicted molar refractivity (Wildman–Crippen MR) is 75.6 cm³/mol. The van der Waals surface area contributed by atoms with Gasteiger partial charge in [-0.05, 0) is 20.9 Å². The lowest BCUT2D eigenvalue weighted by Gasteiger charge is -2.15. The Bertz CT molecular complexity index is 548. The van der Waals surface area contributed by atoms with E-state index in [9.17, 15) is 8.42 Å². The number of sulfonamides is 1. The second kappa shape index (κ2) is 6.31. The summed E-state index contributed by atoms with van der Waals surface area (Å²) in [7, 11) is -0.117. The standard InChI is InChI=1S/C12H22N4O2S/c1-6-8-15(5)19(17,18)12-10(2)14-16(11(12)3)9-7-13-4/h6,13H,1,7-9H2,2-5H3. The summed E-state index contributed by atoms with van der Waals surface area (Å²) in [4.78, 5) is 0.299. The molecule has 0 aromatic carbocycles. The van der Waals surface area contributed by atoms with Crippen molar-refractivity contribution in [3.05, 3.63) is 24.0 Å². The van der Waals surface area contributed by atoms with E-state index >= 15 is 0 Å². The first-order valence-corrected chi connectivity index (χ1v) is 7.56. The van der Waals surface area contributed by atoms with Gasteiger partial charge in [0.2, 0.25) is 10.0 Å². The van der Waals surface area contributed by atoms with Crippen molar-refractivity contribution >= 4 is 10.0 Å². The van der Waals surface area contributed by atoms with Crippen molar-refractivity contribution < 1.29 is 8.42 Å². The lowest BCUT2D eigenvalue weighted by atomic mass is 10.4.